The third-order valence-corrected chi connectivity index (χ3v) is 6.72. The Hall–Kier alpha value is -1.93. The number of halogens is 1. The number of ether oxygens (including phenoxy) is 3. The largest absolute Gasteiger partial charge is 0.459 e. The summed E-state index contributed by atoms with van der Waals surface area (Å²) in [5, 5.41) is 0.871. The van der Waals surface area contributed by atoms with Crippen molar-refractivity contribution < 1.29 is 19.0 Å². The minimum Gasteiger partial charge on any atom is -0.459 e. The highest BCUT2D eigenvalue weighted by Gasteiger charge is 2.42. The maximum absolute atomic E-state index is 13.1. The molecule has 0 saturated carbocycles. The van der Waals surface area contributed by atoms with Crippen LogP contribution >= 0.6 is 12.4 Å². The highest BCUT2D eigenvalue weighted by molar-refractivity contribution is 5.94. The van der Waals surface area contributed by atoms with E-state index in [1.807, 2.05) is 38.1 Å². The number of nitrogens with zero attached hydrogens (tertiary/aromatic N) is 2. The Morgan fingerprint density at radius 3 is 2.45 bits per heavy atom. The van der Waals surface area contributed by atoms with E-state index >= 15 is 0 Å². The van der Waals surface area contributed by atoms with E-state index in [1.54, 1.807) is 17.7 Å². The molecule has 182 valence electrons. The van der Waals surface area contributed by atoms with E-state index in [0.717, 1.165) is 43.1 Å². The maximum atomic E-state index is 13.1. The molecule has 0 spiro atoms. The van der Waals surface area contributed by atoms with Gasteiger partial charge in [0.25, 0.3) is 5.56 Å². The quantitative estimate of drug-likeness (QED) is 0.403. The van der Waals surface area contributed by atoms with Crippen LogP contribution in [0.3, 0.4) is 0 Å². The Balaban J connectivity index is 0.00000306. The number of carbonyl (C=O) groups is 1. The number of pyridine rings is 1. The number of para-hydroxylation sites is 1. The standard InChI is InChI=1S/C25H34N2O5.ClH/c1-17(2)27-23-7-5-4-6-18(23)14-22(24(27)28)25(29)32-21-15-19-8-9-20(16-21)26(19)10-11-31-13-12-30-3;/h4-7,14,17,19-21H,8-13,15-16H2,1-3H3;1H/t19-,20+,21+;. The van der Waals surface area contributed by atoms with Crippen molar-refractivity contribution in [3.05, 3.63) is 46.2 Å². The van der Waals surface area contributed by atoms with Crippen LogP contribution in [-0.4, -0.2) is 67.1 Å². The van der Waals surface area contributed by atoms with Crippen LogP contribution in [0.4, 0.5) is 0 Å². The molecule has 2 saturated heterocycles. The number of fused-ring (bicyclic) bond motifs is 3. The molecule has 0 aliphatic carbocycles. The van der Waals surface area contributed by atoms with E-state index in [1.165, 1.54) is 0 Å². The van der Waals surface area contributed by atoms with Crippen LogP contribution in [0.15, 0.2) is 35.1 Å². The Kier molecular flexibility index (Phi) is 8.93. The number of piperidine rings is 1. The van der Waals surface area contributed by atoms with Gasteiger partial charge in [-0.05, 0) is 44.2 Å². The van der Waals surface area contributed by atoms with Crippen molar-refractivity contribution in [1.29, 1.82) is 0 Å². The molecule has 33 heavy (non-hydrogen) atoms. The smallest absolute Gasteiger partial charge is 0.344 e. The van der Waals surface area contributed by atoms with E-state index in [-0.39, 0.29) is 35.7 Å². The fourth-order valence-corrected chi connectivity index (χ4v) is 5.26. The number of rotatable bonds is 9. The van der Waals surface area contributed by atoms with Crippen molar-refractivity contribution in [1.82, 2.24) is 9.47 Å². The number of carbonyl (C=O) groups excluding carboxylic acids is 1. The molecule has 2 bridgehead atoms. The van der Waals surface area contributed by atoms with Crippen LogP contribution in [0.1, 0.15) is 55.9 Å². The molecule has 0 radical (unpaired) electrons. The predicted octanol–water partition coefficient (Wildman–Crippen LogP) is 3.82. The second-order valence-electron chi connectivity index (χ2n) is 9.11. The molecule has 2 aromatic rings. The highest BCUT2D eigenvalue weighted by Crippen LogP contribution is 2.36. The molecule has 7 nitrogen and oxygen atoms in total. The molecule has 3 atom stereocenters. The van der Waals surface area contributed by atoms with Gasteiger partial charge in [-0.15, -0.1) is 12.4 Å². The summed E-state index contributed by atoms with van der Waals surface area (Å²) < 4.78 is 18.2. The average Bonchev–Trinajstić information content (AvgIpc) is 3.00. The van der Waals surface area contributed by atoms with Crippen molar-refractivity contribution in [3.8, 4) is 0 Å². The molecule has 2 aliphatic rings. The minimum atomic E-state index is -0.504. The van der Waals surface area contributed by atoms with Crippen molar-refractivity contribution in [2.24, 2.45) is 0 Å². The normalized spacial score (nSPS) is 22.5. The molecule has 2 aliphatic heterocycles. The van der Waals surface area contributed by atoms with Gasteiger partial charge < -0.3 is 18.8 Å². The SMILES string of the molecule is COCCOCCN1[C@@H]2CC[C@H]1C[C@@H](OC(=O)c1cc3ccccc3n(C(C)C)c1=O)C2.Cl. The first-order chi connectivity index (χ1) is 15.5. The zero-order valence-electron chi connectivity index (χ0n) is 19.7. The second kappa shape index (κ2) is 11.5. The van der Waals surface area contributed by atoms with E-state index in [2.05, 4.69) is 4.90 Å². The van der Waals surface area contributed by atoms with Crippen molar-refractivity contribution in [3.63, 3.8) is 0 Å². The summed E-state index contributed by atoms with van der Waals surface area (Å²) in [4.78, 5) is 28.7. The van der Waals surface area contributed by atoms with E-state index < -0.39 is 5.97 Å². The zero-order valence-corrected chi connectivity index (χ0v) is 20.5. The summed E-state index contributed by atoms with van der Waals surface area (Å²) in [5.74, 6) is -0.504. The molecule has 1 aromatic heterocycles. The van der Waals surface area contributed by atoms with Gasteiger partial charge in [0.1, 0.15) is 11.7 Å². The summed E-state index contributed by atoms with van der Waals surface area (Å²) in [6.07, 6.45) is 3.71. The number of esters is 1. The first-order valence-electron chi connectivity index (χ1n) is 11.7. The van der Waals surface area contributed by atoms with Gasteiger partial charge in [-0.2, -0.15) is 0 Å². The predicted molar refractivity (Wildman–Crippen MR) is 130 cm³/mol. The average molecular weight is 479 g/mol. The topological polar surface area (TPSA) is 70.0 Å². The highest BCUT2D eigenvalue weighted by atomic mass is 35.5. The molecule has 2 fully saturated rings. The summed E-state index contributed by atoms with van der Waals surface area (Å²) in [6, 6.07) is 10.1. The summed E-state index contributed by atoms with van der Waals surface area (Å²) in [7, 11) is 1.67. The molecule has 3 heterocycles. The van der Waals surface area contributed by atoms with Crippen molar-refractivity contribution in [2.75, 3.05) is 33.5 Å². The summed E-state index contributed by atoms with van der Waals surface area (Å²) in [5.41, 5.74) is 0.680. The fraction of sp³-hybridized carbons (Fsp3) is 0.600. The first-order valence-corrected chi connectivity index (χ1v) is 11.7. The Labute approximate surface area is 201 Å². The van der Waals surface area contributed by atoms with Crippen LogP contribution < -0.4 is 5.56 Å². The summed E-state index contributed by atoms with van der Waals surface area (Å²) >= 11 is 0. The lowest BCUT2D eigenvalue weighted by Crippen LogP contribution is -2.47. The Bertz CT molecular complexity index is 994. The second-order valence-corrected chi connectivity index (χ2v) is 9.11. The molecular formula is C25H35ClN2O5. The van der Waals surface area contributed by atoms with Crippen molar-refractivity contribution >= 4 is 29.3 Å². The van der Waals surface area contributed by atoms with Crippen LogP contribution in [0.5, 0.6) is 0 Å². The third kappa shape index (κ3) is 5.60. The first kappa shape index (κ1) is 25.7. The number of aromatic nitrogens is 1. The van der Waals surface area contributed by atoms with Gasteiger partial charge in [-0.3, -0.25) is 9.69 Å². The van der Waals surface area contributed by atoms with Gasteiger partial charge in [-0.1, -0.05) is 18.2 Å². The summed E-state index contributed by atoms with van der Waals surface area (Å²) in [6.45, 7) is 6.71. The Morgan fingerprint density at radius 1 is 1.09 bits per heavy atom. The molecule has 0 N–H and O–H groups in total. The molecule has 0 unspecified atom stereocenters. The van der Waals surface area contributed by atoms with Gasteiger partial charge in [0, 0.05) is 44.6 Å². The number of hydrogen-bond donors (Lipinski definition) is 0. The molecule has 0 amide bonds. The fourth-order valence-electron chi connectivity index (χ4n) is 5.26. The van der Waals surface area contributed by atoms with Gasteiger partial charge in [0.15, 0.2) is 0 Å². The van der Waals surface area contributed by atoms with Gasteiger partial charge in [0.05, 0.1) is 25.3 Å². The van der Waals surface area contributed by atoms with Gasteiger partial charge in [-0.25, -0.2) is 4.79 Å². The number of benzene rings is 1. The third-order valence-electron chi connectivity index (χ3n) is 6.72. The van der Waals surface area contributed by atoms with Crippen molar-refractivity contribution in [2.45, 2.75) is 63.8 Å². The van der Waals surface area contributed by atoms with Crippen LogP contribution in [0.25, 0.3) is 10.9 Å². The van der Waals surface area contributed by atoms with E-state index in [4.69, 9.17) is 14.2 Å². The van der Waals surface area contributed by atoms with Gasteiger partial charge in [0.2, 0.25) is 0 Å². The van der Waals surface area contributed by atoms with Crippen LogP contribution in [0.2, 0.25) is 0 Å². The lowest BCUT2D eigenvalue weighted by molar-refractivity contribution is -0.0156. The molecular weight excluding hydrogens is 444 g/mol. The zero-order chi connectivity index (χ0) is 22.7. The van der Waals surface area contributed by atoms with Crippen LogP contribution in [-0.2, 0) is 14.2 Å². The monoisotopic (exact) mass is 478 g/mol. The lowest BCUT2D eigenvalue weighted by atomic mass is 9.99. The number of methoxy groups -OCH3 is 1. The van der Waals surface area contributed by atoms with Crippen LogP contribution in [0, 0.1) is 0 Å². The maximum Gasteiger partial charge on any atom is 0.344 e. The van der Waals surface area contributed by atoms with E-state index in [9.17, 15) is 9.59 Å². The molecule has 4 rings (SSSR count). The molecule has 1 aromatic carbocycles. The lowest BCUT2D eigenvalue weighted by Gasteiger charge is -2.38. The molecule has 8 heteroatoms. The Morgan fingerprint density at radius 2 is 1.79 bits per heavy atom. The van der Waals surface area contributed by atoms with E-state index in [0.29, 0.717) is 31.9 Å². The minimum absolute atomic E-state index is 0. The number of hydrogen-bond acceptors (Lipinski definition) is 6. The van der Waals surface area contributed by atoms with Gasteiger partial charge >= 0.3 is 5.97 Å².